The Kier molecular flexibility index (Phi) is 7.20. The van der Waals surface area contributed by atoms with Crippen LogP contribution in [0.5, 0.6) is 0 Å². The molecule has 0 aromatic carbocycles. The lowest BCUT2D eigenvalue weighted by Gasteiger charge is -2.39. The second kappa shape index (κ2) is 8.90. The highest BCUT2D eigenvalue weighted by atomic mass is 16.2. The van der Waals surface area contributed by atoms with Gasteiger partial charge in [-0.2, -0.15) is 0 Å². The van der Waals surface area contributed by atoms with Gasteiger partial charge < -0.3 is 10.2 Å². The Morgan fingerprint density at radius 2 is 1.91 bits per heavy atom. The molecular weight excluding hydrogens is 272 g/mol. The third kappa shape index (κ3) is 5.26. The van der Waals surface area contributed by atoms with E-state index in [-0.39, 0.29) is 5.92 Å². The maximum atomic E-state index is 12.4. The summed E-state index contributed by atoms with van der Waals surface area (Å²) < 4.78 is 0. The van der Waals surface area contributed by atoms with Crippen molar-refractivity contribution in [2.24, 2.45) is 17.8 Å². The molecule has 2 atom stereocenters. The zero-order chi connectivity index (χ0) is 15.9. The van der Waals surface area contributed by atoms with Crippen molar-refractivity contribution in [3.8, 4) is 0 Å². The molecule has 1 amide bonds. The average Bonchev–Trinajstić information content (AvgIpc) is 3.03. The first-order valence-corrected chi connectivity index (χ1v) is 9.62. The minimum atomic E-state index is 0.125. The number of piperidine rings is 1. The van der Waals surface area contributed by atoms with Gasteiger partial charge in [0.1, 0.15) is 0 Å². The van der Waals surface area contributed by atoms with Crippen LogP contribution in [0.3, 0.4) is 0 Å². The molecule has 3 nitrogen and oxygen atoms in total. The van der Waals surface area contributed by atoms with Crippen molar-refractivity contribution in [3.63, 3.8) is 0 Å². The summed E-state index contributed by atoms with van der Waals surface area (Å²) in [6.07, 6.45) is 10.7. The van der Waals surface area contributed by atoms with E-state index in [1.165, 1.54) is 51.4 Å². The first-order valence-electron chi connectivity index (χ1n) is 9.62. The first-order chi connectivity index (χ1) is 10.6. The van der Waals surface area contributed by atoms with Crippen LogP contribution >= 0.6 is 0 Å². The van der Waals surface area contributed by atoms with E-state index in [2.05, 4.69) is 17.1 Å². The van der Waals surface area contributed by atoms with Gasteiger partial charge in [-0.15, -0.1) is 0 Å². The number of likely N-dealkylation sites (tertiary alicyclic amines) is 1. The van der Waals surface area contributed by atoms with Gasteiger partial charge in [0, 0.05) is 25.0 Å². The van der Waals surface area contributed by atoms with Crippen molar-refractivity contribution in [3.05, 3.63) is 0 Å². The molecular formula is C19H36N2O. The molecule has 1 N–H and O–H groups in total. The van der Waals surface area contributed by atoms with Crippen LogP contribution in [0.15, 0.2) is 0 Å². The van der Waals surface area contributed by atoms with Gasteiger partial charge in [0.25, 0.3) is 0 Å². The van der Waals surface area contributed by atoms with Gasteiger partial charge in [-0.25, -0.2) is 0 Å². The highest BCUT2D eigenvalue weighted by Gasteiger charge is 2.30. The van der Waals surface area contributed by atoms with E-state index in [0.29, 0.717) is 17.9 Å². The van der Waals surface area contributed by atoms with Crippen molar-refractivity contribution in [2.45, 2.75) is 78.2 Å². The van der Waals surface area contributed by atoms with Crippen LogP contribution < -0.4 is 5.32 Å². The highest BCUT2D eigenvalue weighted by Crippen LogP contribution is 2.26. The molecule has 1 aliphatic carbocycles. The van der Waals surface area contributed by atoms with Gasteiger partial charge >= 0.3 is 0 Å². The Balaban J connectivity index is 1.87. The fourth-order valence-corrected chi connectivity index (χ4v) is 4.15. The molecule has 2 unspecified atom stereocenters. The Hall–Kier alpha value is -0.570. The van der Waals surface area contributed by atoms with Crippen LogP contribution in [0.25, 0.3) is 0 Å². The smallest absolute Gasteiger partial charge is 0.225 e. The molecule has 1 aliphatic heterocycles. The van der Waals surface area contributed by atoms with E-state index in [9.17, 15) is 4.79 Å². The lowest BCUT2D eigenvalue weighted by molar-refractivity contribution is -0.137. The molecule has 2 rings (SSSR count). The largest absolute Gasteiger partial charge is 0.341 e. The SMILES string of the molecule is CCCCC1CC(NCC2CCCC2)CN(C(=O)C(C)C)C1. The van der Waals surface area contributed by atoms with Crippen LogP contribution in [0.4, 0.5) is 0 Å². The van der Waals surface area contributed by atoms with Crippen LogP contribution in [0.2, 0.25) is 0 Å². The number of carbonyl (C=O) groups is 1. The zero-order valence-corrected chi connectivity index (χ0v) is 14.9. The summed E-state index contributed by atoms with van der Waals surface area (Å²) in [6.45, 7) is 9.38. The summed E-state index contributed by atoms with van der Waals surface area (Å²) >= 11 is 0. The number of nitrogens with one attached hydrogen (secondary N) is 1. The minimum absolute atomic E-state index is 0.125. The van der Waals surface area contributed by atoms with Crippen molar-refractivity contribution < 1.29 is 4.79 Å². The molecule has 0 spiro atoms. The summed E-state index contributed by atoms with van der Waals surface area (Å²) in [6, 6.07) is 0.513. The number of amides is 1. The molecule has 128 valence electrons. The summed E-state index contributed by atoms with van der Waals surface area (Å²) in [4.78, 5) is 14.6. The number of rotatable bonds is 7. The van der Waals surface area contributed by atoms with E-state index in [4.69, 9.17) is 0 Å². The third-order valence-electron chi connectivity index (χ3n) is 5.48. The van der Waals surface area contributed by atoms with Crippen LogP contribution in [0.1, 0.15) is 72.1 Å². The Morgan fingerprint density at radius 3 is 2.55 bits per heavy atom. The number of hydrogen-bond donors (Lipinski definition) is 1. The van der Waals surface area contributed by atoms with Gasteiger partial charge in [0.2, 0.25) is 5.91 Å². The normalized spacial score (nSPS) is 26.8. The van der Waals surface area contributed by atoms with Crippen molar-refractivity contribution in [1.29, 1.82) is 0 Å². The number of carbonyl (C=O) groups excluding carboxylic acids is 1. The predicted octanol–water partition coefficient (Wildman–Crippen LogP) is 3.83. The number of unbranched alkanes of at least 4 members (excludes halogenated alkanes) is 1. The average molecular weight is 309 g/mol. The van der Waals surface area contributed by atoms with Crippen molar-refractivity contribution >= 4 is 5.91 Å². The quantitative estimate of drug-likeness (QED) is 0.775. The van der Waals surface area contributed by atoms with Gasteiger partial charge in [0.15, 0.2) is 0 Å². The summed E-state index contributed by atoms with van der Waals surface area (Å²) in [5, 5.41) is 3.80. The maximum absolute atomic E-state index is 12.4. The molecule has 2 fully saturated rings. The third-order valence-corrected chi connectivity index (χ3v) is 5.48. The molecule has 0 aromatic heterocycles. The monoisotopic (exact) mass is 308 g/mol. The van der Waals surface area contributed by atoms with E-state index < -0.39 is 0 Å². The van der Waals surface area contributed by atoms with Gasteiger partial charge in [-0.05, 0) is 44.1 Å². The lowest BCUT2D eigenvalue weighted by Crippen LogP contribution is -2.52. The molecule has 0 bridgehead atoms. The van der Waals surface area contributed by atoms with Crippen LogP contribution in [-0.4, -0.2) is 36.5 Å². The summed E-state index contributed by atoms with van der Waals surface area (Å²) in [7, 11) is 0. The van der Waals surface area contributed by atoms with Gasteiger partial charge in [-0.1, -0.05) is 46.5 Å². The van der Waals surface area contributed by atoms with Crippen LogP contribution in [0, 0.1) is 17.8 Å². The fraction of sp³-hybridized carbons (Fsp3) is 0.947. The van der Waals surface area contributed by atoms with Crippen molar-refractivity contribution in [1.82, 2.24) is 10.2 Å². The van der Waals surface area contributed by atoms with Gasteiger partial charge in [0.05, 0.1) is 0 Å². The standard InChI is InChI=1S/C19H36N2O/c1-4-5-8-17-11-18(20-12-16-9-6-7-10-16)14-21(13-17)19(22)15(2)3/h15-18,20H,4-14H2,1-3H3. The number of hydrogen-bond acceptors (Lipinski definition) is 2. The number of nitrogens with zero attached hydrogens (tertiary/aromatic N) is 1. The molecule has 0 aromatic rings. The lowest BCUT2D eigenvalue weighted by atomic mass is 9.89. The van der Waals surface area contributed by atoms with E-state index >= 15 is 0 Å². The minimum Gasteiger partial charge on any atom is -0.341 e. The van der Waals surface area contributed by atoms with E-state index in [1.54, 1.807) is 0 Å². The van der Waals surface area contributed by atoms with E-state index in [1.807, 2.05) is 13.8 Å². The van der Waals surface area contributed by atoms with E-state index in [0.717, 1.165) is 25.6 Å². The fourth-order valence-electron chi connectivity index (χ4n) is 4.15. The van der Waals surface area contributed by atoms with Crippen molar-refractivity contribution in [2.75, 3.05) is 19.6 Å². The second-order valence-corrected chi connectivity index (χ2v) is 7.90. The predicted molar refractivity (Wildman–Crippen MR) is 92.8 cm³/mol. The highest BCUT2D eigenvalue weighted by molar-refractivity contribution is 5.78. The topological polar surface area (TPSA) is 32.3 Å². The molecule has 3 heteroatoms. The molecule has 1 saturated carbocycles. The molecule has 22 heavy (non-hydrogen) atoms. The summed E-state index contributed by atoms with van der Waals surface area (Å²) in [5.74, 6) is 2.04. The van der Waals surface area contributed by atoms with Crippen LogP contribution in [-0.2, 0) is 4.79 Å². The summed E-state index contributed by atoms with van der Waals surface area (Å²) in [5.41, 5.74) is 0. The Labute approximate surface area is 137 Å². The maximum Gasteiger partial charge on any atom is 0.225 e. The molecule has 0 radical (unpaired) electrons. The Bertz CT molecular complexity index is 336. The Morgan fingerprint density at radius 1 is 1.18 bits per heavy atom. The zero-order valence-electron chi connectivity index (χ0n) is 14.9. The van der Waals surface area contributed by atoms with Gasteiger partial charge in [-0.3, -0.25) is 4.79 Å². The molecule has 1 heterocycles. The first kappa shape index (κ1) is 17.8. The second-order valence-electron chi connectivity index (χ2n) is 7.90. The molecule has 1 saturated heterocycles. The molecule has 2 aliphatic rings.